The number of nitrogens with zero attached hydrogens (tertiary/aromatic N) is 2. The van der Waals surface area contributed by atoms with Gasteiger partial charge < -0.3 is 4.74 Å². The summed E-state index contributed by atoms with van der Waals surface area (Å²) in [6, 6.07) is 0. The fourth-order valence-electron chi connectivity index (χ4n) is 1.32. The Kier molecular flexibility index (Phi) is 3.24. The highest BCUT2D eigenvalue weighted by Crippen LogP contribution is 2.07. The van der Waals surface area contributed by atoms with Gasteiger partial charge in [-0.2, -0.15) is 4.65 Å². The summed E-state index contributed by atoms with van der Waals surface area (Å²) >= 11 is 0. The number of hydroxylamine groups is 3. The molecule has 0 bridgehead atoms. The fourth-order valence-corrected chi connectivity index (χ4v) is 1.32. The first-order chi connectivity index (χ1) is 6.03. The largest absolute Gasteiger partial charge is 0.370 e. The first kappa shape index (κ1) is 10.4. The topological polar surface area (TPSA) is 49.8 Å². The van der Waals surface area contributed by atoms with Gasteiger partial charge in [0.25, 0.3) is 0 Å². The average Bonchev–Trinajstić information content (AvgIpc) is 2.04. The summed E-state index contributed by atoms with van der Waals surface area (Å²) in [5, 5.41) is 9.95. The van der Waals surface area contributed by atoms with Gasteiger partial charge in [0, 0.05) is 14.0 Å². The van der Waals surface area contributed by atoms with Crippen molar-refractivity contribution in [3.8, 4) is 0 Å². The number of carbonyl (C=O) groups is 1. The van der Waals surface area contributed by atoms with Crippen molar-refractivity contribution in [1.82, 2.24) is 4.90 Å². The first-order valence-corrected chi connectivity index (χ1v) is 4.42. The third kappa shape index (κ3) is 2.95. The quantitative estimate of drug-likeness (QED) is 0.604. The van der Waals surface area contributed by atoms with Gasteiger partial charge in [-0.15, -0.1) is 0 Å². The fraction of sp³-hybridized carbons (Fsp3) is 0.875. The minimum absolute atomic E-state index is 0.0296. The Labute approximate surface area is 78.0 Å². The van der Waals surface area contributed by atoms with Crippen molar-refractivity contribution in [2.24, 2.45) is 0 Å². The molecule has 0 atom stereocenters. The minimum atomic E-state index is -0.0872. The maximum Gasteiger partial charge on any atom is 0.223 e. The lowest BCUT2D eigenvalue weighted by molar-refractivity contribution is -1.11. The van der Waals surface area contributed by atoms with Gasteiger partial charge in [0.15, 0.2) is 6.67 Å². The van der Waals surface area contributed by atoms with Gasteiger partial charge in [-0.05, 0) is 0 Å². The van der Waals surface area contributed by atoms with Crippen LogP contribution in [0.5, 0.6) is 0 Å². The summed E-state index contributed by atoms with van der Waals surface area (Å²) in [6.07, 6.45) is 0. The molecule has 0 saturated carbocycles. The van der Waals surface area contributed by atoms with Crippen LogP contribution in [0.15, 0.2) is 0 Å². The minimum Gasteiger partial charge on any atom is -0.370 e. The molecule has 0 unspecified atom stereocenters. The number of rotatable bonds is 2. The van der Waals surface area contributed by atoms with Crippen LogP contribution in [-0.4, -0.2) is 60.7 Å². The molecule has 0 aromatic heterocycles. The molecule has 5 heteroatoms. The van der Waals surface area contributed by atoms with E-state index in [1.807, 2.05) is 0 Å². The van der Waals surface area contributed by atoms with Crippen LogP contribution < -0.4 is 0 Å². The lowest BCUT2D eigenvalue weighted by Crippen LogP contribution is -2.57. The standard InChI is InChI=1S/C8H17N2O3/c1-8(11)9(2)7-10(12)3-5-13-6-4-10/h12H,3-7H2,1-2H3/q+1. The second-order valence-electron chi connectivity index (χ2n) is 3.51. The van der Waals surface area contributed by atoms with Gasteiger partial charge in [0.1, 0.15) is 13.1 Å². The lowest BCUT2D eigenvalue weighted by atomic mass is 10.4. The molecule has 0 aromatic carbocycles. The van der Waals surface area contributed by atoms with E-state index < -0.39 is 0 Å². The molecule has 5 nitrogen and oxygen atoms in total. The SMILES string of the molecule is CC(=O)N(C)C[N+]1(O)CCOCC1. The van der Waals surface area contributed by atoms with Crippen molar-refractivity contribution in [3.63, 3.8) is 0 Å². The number of ether oxygens (including phenoxy) is 1. The third-order valence-electron chi connectivity index (χ3n) is 2.32. The number of hydrogen-bond acceptors (Lipinski definition) is 3. The first-order valence-electron chi connectivity index (χ1n) is 4.42. The van der Waals surface area contributed by atoms with E-state index in [0.717, 1.165) is 0 Å². The maximum absolute atomic E-state index is 10.9. The Morgan fingerprint density at radius 3 is 2.54 bits per heavy atom. The molecule has 0 radical (unpaired) electrons. The van der Waals surface area contributed by atoms with Crippen LogP contribution in [0.3, 0.4) is 0 Å². The molecule has 1 rings (SSSR count). The van der Waals surface area contributed by atoms with Crippen LogP contribution in [-0.2, 0) is 9.53 Å². The Bertz CT molecular complexity index is 190. The van der Waals surface area contributed by atoms with Crippen molar-refractivity contribution in [3.05, 3.63) is 0 Å². The van der Waals surface area contributed by atoms with Crippen LogP contribution in [0, 0.1) is 0 Å². The number of hydrogen-bond donors (Lipinski definition) is 1. The van der Waals surface area contributed by atoms with Crippen molar-refractivity contribution >= 4 is 5.91 Å². The Balaban J connectivity index is 2.45. The molecule has 1 fully saturated rings. The van der Waals surface area contributed by atoms with E-state index >= 15 is 0 Å². The zero-order valence-electron chi connectivity index (χ0n) is 8.19. The number of morpholine rings is 1. The van der Waals surface area contributed by atoms with Crippen molar-refractivity contribution in [1.29, 1.82) is 0 Å². The van der Waals surface area contributed by atoms with Crippen molar-refractivity contribution < 1.29 is 19.4 Å². The molecular formula is C8H17N2O3+. The van der Waals surface area contributed by atoms with E-state index in [4.69, 9.17) is 4.74 Å². The molecule has 1 heterocycles. The molecule has 13 heavy (non-hydrogen) atoms. The van der Waals surface area contributed by atoms with Crippen LogP contribution in [0.1, 0.15) is 6.92 Å². The van der Waals surface area contributed by atoms with E-state index in [2.05, 4.69) is 0 Å². The molecule has 0 spiro atoms. The highest BCUT2D eigenvalue weighted by Gasteiger charge is 2.30. The van der Waals surface area contributed by atoms with Crippen LogP contribution >= 0.6 is 0 Å². The molecule has 0 aromatic rings. The molecule has 1 aliphatic heterocycles. The second kappa shape index (κ2) is 4.04. The van der Waals surface area contributed by atoms with Gasteiger partial charge >= 0.3 is 0 Å². The Morgan fingerprint density at radius 2 is 2.08 bits per heavy atom. The van der Waals surface area contributed by atoms with E-state index in [9.17, 15) is 10.0 Å². The predicted octanol–water partition coefficient (Wildman–Crippen LogP) is -0.342. The number of amides is 1. The van der Waals surface area contributed by atoms with E-state index in [-0.39, 0.29) is 10.6 Å². The Hall–Kier alpha value is -0.650. The monoisotopic (exact) mass is 189 g/mol. The highest BCUT2D eigenvalue weighted by molar-refractivity contribution is 5.72. The smallest absolute Gasteiger partial charge is 0.223 e. The summed E-state index contributed by atoms with van der Waals surface area (Å²) in [7, 11) is 1.69. The summed E-state index contributed by atoms with van der Waals surface area (Å²) in [5.41, 5.74) is 0. The van der Waals surface area contributed by atoms with Crippen molar-refractivity contribution in [2.75, 3.05) is 40.0 Å². The summed E-state index contributed by atoms with van der Waals surface area (Å²) in [4.78, 5) is 12.5. The molecule has 76 valence electrons. The second-order valence-corrected chi connectivity index (χ2v) is 3.51. The third-order valence-corrected chi connectivity index (χ3v) is 2.32. The summed E-state index contributed by atoms with van der Waals surface area (Å²) in [6.45, 7) is 4.06. The van der Waals surface area contributed by atoms with Gasteiger partial charge in [-0.25, -0.2) is 5.21 Å². The van der Waals surface area contributed by atoms with Crippen LogP contribution in [0.2, 0.25) is 0 Å². The molecule has 1 amide bonds. The van der Waals surface area contributed by atoms with E-state index in [1.165, 1.54) is 11.8 Å². The Morgan fingerprint density at radius 1 is 1.54 bits per heavy atom. The predicted molar refractivity (Wildman–Crippen MR) is 45.9 cm³/mol. The van der Waals surface area contributed by atoms with E-state index in [0.29, 0.717) is 33.0 Å². The lowest BCUT2D eigenvalue weighted by Gasteiger charge is -2.35. The van der Waals surface area contributed by atoms with Gasteiger partial charge in [-0.1, -0.05) is 0 Å². The molecule has 1 aliphatic rings. The number of quaternary nitrogens is 1. The van der Waals surface area contributed by atoms with Gasteiger partial charge in [-0.3, -0.25) is 9.69 Å². The van der Waals surface area contributed by atoms with Gasteiger partial charge in [0.05, 0.1) is 13.2 Å². The average molecular weight is 189 g/mol. The summed E-state index contributed by atoms with van der Waals surface area (Å²) < 4.78 is 5.04. The van der Waals surface area contributed by atoms with E-state index in [1.54, 1.807) is 7.05 Å². The van der Waals surface area contributed by atoms with Crippen molar-refractivity contribution in [2.45, 2.75) is 6.92 Å². The molecular weight excluding hydrogens is 172 g/mol. The molecule has 1 saturated heterocycles. The molecule has 1 N–H and O–H groups in total. The molecule has 0 aliphatic carbocycles. The van der Waals surface area contributed by atoms with Gasteiger partial charge in [0.2, 0.25) is 5.91 Å². The van der Waals surface area contributed by atoms with Crippen LogP contribution in [0.4, 0.5) is 0 Å². The summed E-state index contributed by atoms with van der Waals surface area (Å²) in [5.74, 6) is -0.0296. The number of carbonyl (C=O) groups excluding carboxylic acids is 1. The zero-order chi connectivity index (χ0) is 9.90. The highest BCUT2D eigenvalue weighted by atomic mass is 16.6. The van der Waals surface area contributed by atoms with Crippen LogP contribution in [0.25, 0.3) is 0 Å². The maximum atomic E-state index is 10.9. The normalized spacial score (nSPS) is 21.2. The zero-order valence-corrected chi connectivity index (χ0v) is 8.19.